The van der Waals surface area contributed by atoms with Crippen LogP contribution in [0, 0.1) is 0 Å². The summed E-state index contributed by atoms with van der Waals surface area (Å²) in [6.45, 7) is 0.123. The van der Waals surface area contributed by atoms with Crippen LogP contribution in [0.2, 0.25) is 5.02 Å². The molecule has 0 saturated heterocycles. The predicted molar refractivity (Wildman–Crippen MR) is 133 cm³/mol. The summed E-state index contributed by atoms with van der Waals surface area (Å²) < 4.78 is 1.43. The van der Waals surface area contributed by atoms with E-state index < -0.39 is 0 Å². The summed E-state index contributed by atoms with van der Waals surface area (Å²) >= 11 is 6.17. The molecule has 1 aliphatic carbocycles. The van der Waals surface area contributed by atoms with Gasteiger partial charge in [-0.05, 0) is 36.6 Å². The van der Waals surface area contributed by atoms with Gasteiger partial charge in [-0.25, -0.2) is 4.98 Å². The number of benzene rings is 2. The molecule has 1 aliphatic rings. The molecule has 0 atom stereocenters. The first-order chi connectivity index (χ1) is 16.5. The molecule has 2 N–H and O–H groups in total. The van der Waals surface area contributed by atoms with E-state index in [0.717, 1.165) is 31.2 Å². The number of para-hydroxylation sites is 2. The summed E-state index contributed by atoms with van der Waals surface area (Å²) in [6.07, 6.45) is 5.94. The maximum atomic E-state index is 13.2. The SMILES string of the molecule is O=C(Cn1c(=O)c(CCC(=O)NC2CCCCC2)nc2ccccc21)NCc1ccccc1Cl. The third kappa shape index (κ3) is 6.03. The van der Waals surface area contributed by atoms with Gasteiger partial charge in [-0.2, -0.15) is 0 Å². The predicted octanol–water partition coefficient (Wildman–Crippen LogP) is 3.75. The van der Waals surface area contributed by atoms with E-state index in [1.54, 1.807) is 24.3 Å². The van der Waals surface area contributed by atoms with Gasteiger partial charge in [0.1, 0.15) is 12.2 Å². The molecular formula is C26H29ClN4O3. The van der Waals surface area contributed by atoms with Crippen molar-refractivity contribution in [2.24, 2.45) is 0 Å². The number of rotatable bonds is 8. The van der Waals surface area contributed by atoms with Crippen molar-refractivity contribution in [2.45, 2.75) is 64.1 Å². The van der Waals surface area contributed by atoms with E-state index >= 15 is 0 Å². The van der Waals surface area contributed by atoms with Crippen LogP contribution >= 0.6 is 11.6 Å². The molecular weight excluding hydrogens is 452 g/mol. The van der Waals surface area contributed by atoms with Crippen LogP contribution in [0.3, 0.4) is 0 Å². The van der Waals surface area contributed by atoms with Crippen molar-refractivity contribution in [3.05, 3.63) is 75.2 Å². The Morgan fingerprint density at radius 3 is 2.53 bits per heavy atom. The van der Waals surface area contributed by atoms with Gasteiger partial charge in [0.15, 0.2) is 0 Å². The molecule has 7 nitrogen and oxygen atoms in total. The fourth-order valence-corrected chi connectivity index (χ4v) is 4.58. The number of carbonyl (C=O) groups excluding carboxylic acids is 2. The van der Waals surface area contributed by atoms with Crippen LogP contribution in [0.15, 0.2) is 53.3 Å². The van der Waals surface area contributed by atoms with Crippen LogP contribution in [0.5, 0.6) is 0 Å². The van der Waals surface area contributed by atoms with Crippen molar-refractivity contribution in [1.82, 2.24) is 20.2 Å². The molecule has 0 aliphatic heterocycles. The molecule has 0 bridgehead atoms. The Bertz CT molecular complexity index is 1230. The number of hydrogen-bond donors (Lipinski definition) is 2. The largest absolute Gasteiger partial charge is 0.353 e. The highest BCUT2D eigenvalue weighted by atomic mass is 35.5. The van der Waals surface area contributed by atoms with E-state index in [1.165, 1.54) is 11.0 Å². The number of halogens is 1. The quantitative estimate of drug-likeness (QED) is 0.513. The monoisotopic (exact) mass is 480 g/mol. The van der Waals surface area contributed by atoms with E-state index in [-0.39, 0.29) is 55.0 Å². The van der Waals surface area contributed by atoms with Gasteiger partial charge in [0, 0.05) is 30.5 Å². The Kier molecular flexibility index (Phi) is 7.95. The van der Waals surface area contributed by atoms with Crippen LogP contribution in [-0.2, 0) is 29.1 Å². The number of fused-ring (bicyclic) bond motifs is 1. The van der Waals surface area contributed by atoms with Gasteiger partial charge in [0.25, 0.3) is 5.56 Å². The second-order valence-electron chi connectivity index (χ2n) is 8.71. The molecule has 1 fully saturated rings. The average Bonchev–Trinajstić information content (AvgIpc) is 2.85. The van der Waals surface area contributed by atoms with Gasteiger partial charge in [-0.15, -0.1) is 0 Å². The lowest BCUT2D eigenvalue weighted by Gasteiger charge is -2.22. The van der Waals surface area contributed by atoms with E-state index in [9.17, 15) is 14.4 Å². The lowest BCUT2D eigenvalue weighted by molar-refractivity contribution is -0.122. The number of nitrogens with zero attached hydrogens (tertiary/aromatic N) is 2. The molecule has 0 radical (unpaired) electrons. The molecule has 1 aromatic heterocycles. The zero-order valence-corrected chi connectivity index (χ0v) is 19.8. The van der Waals surface area contributed by atoms with Crippen molar-refractivity contribution in [2.75, 3.05) is 0 Å². The number of amides is 2. The summed E-state index contributed by atoms with van der Waals surface area (Å²) in [7, 11) is 0. The second-order valence-corrected chi connectivity index (χ2v) is 9.12. The first kappa shape index (κ1) is 24.0. The fourth-order valence-electron chi connectivity index (χ4n) is 4.38. The zero-order valence-electron chi connectivity index (χ0n) is 19.1. The van der Waals surface area contributed by atoms with E-state index in [1.807, 2.05) is 24.3 Å². The van der Waals surface area contributed by atoms with Crippen LogP contribution in [0.25, 0.3) is 11.0 Å². The first-order valence-electron chi connectivity index (χ1n) is 11.8. The summed E-state index contributed by atoms with van der Waals surface area (Å²) in [6, 6.07) is 14.7. The van der Waals surface area contributed by atoms with Crippen molar-refractivity contribution < 1.29 is 9.59 Å². The third-order valence-corrected chi connectivity index (χ3v) is 6.58. The number of carbonyl (C=O) groups is 2. The summed E-state index contributed by atoms with van der Waals surface area (Å²) in [5, 5.41) is 6.48. The summed E-state index contributed by atoms with van der Waals surface area (Å²) in [5.41, 5.74) is 1.93. The van der Waals surface area contributed by atoms with Crippen molar-refractivity contribution in [3.8, 4) is 0 Å². The summed E-state index contributed by atoms with van der Waals surface area (Å²) in [4.78, 5) is 42.9. The highest BCUT2D eigenvalue weighted by Crippen LogP contribution is 2.18. The topological polar surface area (TPSA) is 93.1 Å². The van der Waals surface area contributed by atoms with Crippen molar-refractivity contribution in [3.63, 3.8) is 0 Å². The minimum Gasteiger partial charge on any atom is -0.353 e. The normalized spacial score (nSPS) is 14.1. The van der Waals surface area contributed by atoms with E-state index in [2.05, 4.69) is 15.6 Å². The van der Waals surface area contributed by atoms with Gasteiger partial charge in [-0.1, -0.05) is 61.2 Å². The number of nitrogens with one attached hydrogen (secondary N) is 2. The Balaban J connectivity index is 1.47. The highest BCUT2D eigenvalue weighted by Gasteiger charge is 2.18. The lowest BCUT2D eigenvalue weighted by atomic mass is 9.95. The Morgan fingerprint density at radius 1 is 1.00 bits per heavy atom. The van der Waals surface area contributed by atoms with Crippen LogP contribution in [0.4, 0.5) is 0 Å². The molecule has 1 saturated carbocycles. The third-order valence-electron chi connectivity index (χ3n) is 6.21. The van der Waals surface area contributed by atoms with Crippen molar-refractivity contribution >= 4 is 34.4 Å². The molecule has 34 heavy (non-hydrogen) atoms. The molecule has 0 spiro atoms. The Morgan fingerprint density at radius 2 is 1.74 bits per heavy atom. The summed E-state index contributed by atoms with van der Waals surface area (Å²) in [5.74, 6) is -0.371. The van der Waals surface area contributed by atoms with Gasteiger partial charge in [-0.3, -0.25) is 19.0 Å². The molecule has 3 aromatic rings. The number of aryl methyl sites for hydroxylation is 1. The molecule has 1 heterocycles. The van der Waals surface area contributed by atoms with Gasteiger partial charge < -0.3 is 10.6 Å². The minimum atomic E-state index is -0.350. The molecule has 2 aromatic carbocycles. The Labute approximate surface area is 203 Å². The molecule has 178 valence electrons. The Hall–Kier alpha value is -3.19. The van der Waals surface area contributed by atoms with E-state index in [4.69, 9.17) is 11.6 Å². The van der Waals surface area contributed by atoms with Crippen molar-refractivity contribution in [1.29, 1.82) is 0 Å². The number of aromatic nitrogens is 2. The maximum Gasteiger partial charge on any atom is 0.273 e. The van der Waals surface area contributed by atoms with Crippen LogP contribution in [0.1, 0.15) is 49.8 Å². The second kappa shape index (κ2) is 11.3. The highest BCUT2D eigenvalue weighted by molar-refractivity contribution is 6.31. The lowest BCUT2D eigenvalue weighted by Crippen LogP contribution is -2.37. The smallest absolute Gasteiger partial charge is 0.273 e. The van der Waals surface area contributed by atoms with Crippen LogP contribution < -0.4 is 16.2 Å². The molecule has 2 amide bonds. The van der Waals surface area contributed by atoms with Crippen LogP contribution in [-0.4, -0.2) is 27.4 Å². The van der Waals surface area contributed by atoms with E-state index in [0.29, 0.717) is 16.1 Å². The van der Waals surface area contributed by atoms with Gasteiger partial charge in [0.2, 0.25) is 11.8 Å². The molecule has 0 unspecified atom stereocenters. The fraction of sp³-hybridized carbons (Fsp3) is 0.385. The standard InChI is InChI=1S/C26H29ClN4O3/c27-20-11-5-4-8-18(20)16-28-25(33)17-31-23-13-7-6-12-21(23)30-22(26(31)34)14-15-24(32)29-19-9-2-1-3-10-19/h4-8,11-13,19H,1-3,9-10,14-17H2,(H,28,33)(H,29,32). The van der Waals surface area contributed by atoms with Gasteiger partial charge in [0.05, 0.1) is 11.0 Å². The molecule has 8 heteroatoms. The minimum absolute atomic E-state index is 0.0645. The zero-order chi connectivity index (χ0) is 23.9. The average molecular weight is 481 g/mol. The molecule has 4 rings (SSSR count). The maximum absolute atomic E-state index is 13.2. The number of hydrogen-bond acceptors (Lipinski definition) is 4. The van der Waals surface area contributed by atoms with Gasteiger partial charge >= 0.3 is 0 Å². The first-order valence-corrected chi connectivity index (χ1v) is 12.2.